The van der Waals surface area contributed by atoms with E-state index in [1.165, 1.54) is 0 Å². The van der Waals surface area contributed by atoms with Crippen LogP contribution in [0.5, 0.6) is 0 Å². The van der Waals surface area contributed by atoms with Crippen LogP contribution in [-0.4, -0.2) is 11.7 Å². The van der Waals surface area contributed by atoms with Crippen molar-refractivity contribution < 1.29 is 5.11 Å². The van der Waals surface area contributed by atoms with E-state index in [1.54, 1.807) is 0 Å². The van der Waals surface area contributed by atoms with Gasteiger partial charge in [-0.15, -0.1) is 0 Å². The lowest BCUT2D eigenvalue weighted by Gasteiger charge is -2.22. The van der Waals surface area contributed by atoms with E-state index in [2.05, 4.69) is 0 Å². The average molecular weight is 185 g/mol. The second-order valence-electron chi connectivity index (χ2n) is 3.55. The zero-order chi connectivity index (χ0) is 9.19. The van der Waals surface area contributed by atoms with Gasteiger partial charge in [-0.25, -0.2) is 0 Å². The van der Waals surface area contributed by atoms with Gasteiger partial charge in [0.2, 0.25) is 0 Å². The van der Waals surface area contributed by atoms with Gasteiger partial charge in [0.05, 0.1) is 6.61 Å². The molecule has 0 atom stereocenters. The molecule has 2 heteroatoms. The van der Waals surface area contributed by atoms with Gasteiger partial charge in [0.1, 0.15) is 0 Å². The van der Waals surface area contributed by atoms with Crippen LogP contribution in [0, 0.1) is 0 Å². The highest BCUT2D eigenvalue weighted by atomic mass is 35.5. The Labute approximate surface area is 78.0 Å². The van der Waals surface area contributed by atoms with Crippen molar-refractivity contribution in [1.29, 1.82) is 0 Å². The first-order chi connectivity index (χ1) is 5.56. The van der Waals surface area contributed by atoms with Gasteiger partial charge in [-0.3, -0.25) is 0 Å². The smallest absolute Gasteiger partial charge is 0.0522 e. The van der Waals surface area contributed by atoms with E-state index in [4.69, 9.17) is 16.7 Å². The van der Waals surface area contributed by atoms with Crippen LogP contribution in [0.25, 0.3) is 0 Å². The standard InChI is InChI=1S/C10H13ClO/c1-10(2,7-12)8-4-3-5-9(11)6-8/h3-6,12H,7H2,1-2H3. The van der Waals surface area contributed by atoms with Crippen LogP contribution in [0.4, 0.5) is 0 Å². The molecule has 1 N–H and O–H groups in total. The molecule has 1 aromatic carbocycles. The molecular formula is C10H13ClO. The number of benzene rings is 1. The Kier molecular flexibility index (Phi) is 2.76. The molecule has 1 rings (SSSR count). The fraction of sp³-hybridized carbons (Fsp3) is 0.400. The van der Waals surface area contributed by atoms with Gasteiger partial charge in [-0.05, 0) is 17.7 Å². The van der Waals surface area contributed by atoms with Crippen molar-refractivity contribution in [2.75, 3.05) is 6.61 Å². The second-order valence-corrected chi connectivity index (χ2v) is 3.99. The number of hydrogen-bond donors (Lipinski definition) is 1. The van der Waals surface area contributed by atoms with Crippen LogP contribution in [0.1, 0.15) is 19.4 Å². The minimum Gasteiger partial charge on any atom is -0.395 e. The molecule has 0 aliphatic carbocycles. The first kappa shape index (κ1) is 9.56. The molecule has 1 aromatic rings. The topological polar surface area (TPSA) is 20.2 Å². The summed E-state index contributed by atoms with van der Waals surface area (Å²) in [7, 11) is 0. The summed E-state index contributed by atoms with van der Waals surface area (Å²) in [6, 6.07) is 7.59. The Morgan fingerprint density at radius 3 is 2.58 bits per heavy atom. The molecule has 0 radical (unpaired) electrons. The van der Waals surface area contributed by atoms with E-state index < -0.39 is 0 Å². The number of aliphatic hydroxyl groups excluding tert-OH is 1. The SMILES string of the molecule is CC(C)(CO)c1cccc(Cl)c1. The molecule has 0 saturated heterocycles. The lowest BCUT2D eigenvalue weighted by molar-refractivity contribution is 0.218. The second kappa shape index (κ2) is 3.46. The molecule has 0 unspecified atom stereocenters. The molecule has 0 bridgehead atoms. The highest BCUT2D eigenvalue weighted by molar-refractivity contribution is 6.30. The van der Waals surface area contributed by atoms with Gasteiger partial charge in [0.15, 0.2) is 0 Å². The molecule has 0 amide bonds. The van der Waals surface area contributed by atoms with Crippen molar-refractivity contribution in [3.63, 3.8) is 0 Å². The van der Waals surface area contributed by atoms with Crippen LogP contribution in [0.2, 0.25) is 5.02 Å². The Morgan fingerprint density at radius 2 is 2.08 bits per heavy atom. The maximum atomic E-state index is 9.10. The summed E-state index contributed by atoms with van der Waals surface area (Å²) in [5.74, 6) is 0. The molecule has 1 nitrogen and oxygen atoms in total. The molecule has 0 heterocycles. The van der Waals surface area contributed by atoms with Crippen LogP contribution in [0.15, 0.2) is 24.3 Å². The largest absolute Gasteiger partial charge is 0.395 e. The molecule has 0 aliphatic rings. The summed E-state index contributed by atoms with van der Waals surface area (Å²) < 4.78 is 0. The monoisotopic (exact) mass is 184 g/mol. The van der Waals surface area contributed by atoms with E-state index in [0.717, 1.165) is 5.56 Å². The molecule has 12 heavy (non-hydrogen) atoms. The molecule has 0 aromatic heterocycles. The van der Waals surface area contributed by atoms with Crippen molar-refractivity contribution >= 4 is 11.6 Å². The average Bonchev–Trinajstić information content (AvgIpc) is 2.05. The van der Waals surface area contributed by atoms with E-state index in [-0.39, 0.29) is 12.0 Å². The third kappa shape index (κ3) is 1.99. The lowest BCUT2D eigenvalue weighted by Crippen LogP contribution is -2.21. The third-order valence-electron chi connectivity index (χ3n) is 2.00. The van der Waals surface area contributed by atoms with Crippen molar-refractivity contribution in [3.8, 4) is 0 Å². The number of aliphatic hydroxyl groups is 1. The normalized spacial score (nSPS) is 11.7. The van der Waals surface area contributed by atoms with Crippen LogP contribution in [-0.2, 0) is 5.41 Å². The Morgan fingerprint density at radius 1 is 1.42 bits per heavy atom. The van der Waals surface area contributed by atoms with Crippen LogP contribution < -0.4 is 0 Å². The number of halogens is 1. The molecule has 0 fully saturated rings. The Bertz CT molecular complexity index is 268. The summed E-state index contributed by atoms with van der Waals surface area (Å²) in [5.41, 5.74) is 0.864. The van der Waals surface area contributed by atoms with Gasteiger partial charge >= 0.3 is 0 Å². The summed E-state index contributed by atoms with van der Waals surface area (Å²) in [6.07, 6.45) is 0. The quantitative estimate of drug-likeness (QED) is 0.749. The summed E-state index contributed by atoms with van der Waals surface area (Å²) >= 11 is 5.83. The maximum absolute atomic E-state index is 9.10. The van der Waals surface area contributed by atoms with Gasteiger partial charge < -0.3 is 5.11 Å². The Hall–Kier alpha value is -0.530. The van der Waals surface area contributed by atoms with Crippen molar-refractivity contribution in [2.24, 2.45) is 0 Å². The molecular weight excluding hydrogens is 172 g/mol. The zero-order valence-electron chi connectivity index (χ0n) is 7.34. The molecule has 0 saturated carbocycles. The van der Waals surface area contributed by atoms with Crippen LogP contribution >= 0.6 is 11.6 Å². The lowest BCUT2D eigenvalue weighted by atomic mass is 9.86. The van der Waals surface area contributed by atoms with Gasteiger partial charge in [0, 0.05) is 10.4 Å². The maximum Gasteiger partial charge on any atom is 0.0522 e. The third-order valence-corrected chi connectivity index (χ3v) is 2.24. The summed E-state index contributed by atoms with van der Waals surface area (Å²) in [6.45, 7) is 4.10. The summed E-state index contributed by atoms with van der Waals surface area (Å²) in [4.78, 5) is 0. The van der Waals surface area contributed by atoms with Gasteiger partial charge in [-0.2, -0.15) is 0 Å². The van der Waals surface area contributed by atoms with Crippen LogP contribution in [0.3, 0.4) is 0 Å². The minimum atomic E-state index is -0.203. The van der Waals surface area contributed by atoms with E-state index >= 15 is 0 Å². The summed E-state index contributed by atoms with van der Waals surface area (Å²) in [5, 5.41) is 9.81. The van der Waals surface area contributed by atoms with Gasteiger partial charge in [-0.1, -0.05) is 37.6 Å². The van der Waals surface area contributed by atoms with E-state index in [9.17, 15) is 0 Å². The fourth-order valence-corrected chi connectivity index (χ4v) is 1.19. The highest BCUT2D eigenvalue weighted by Crippen LogP contribution is 2.24. The van der Waals surface area contributed by atoms with E-state index in [0.29, 0.717) is 5.02 Å². The molecule has 0 aliphatic heterocycles. The first-order valence-electron chi connectivity index (χ1n) is 3.93. The first-order valence-corrected chi connectivity index (χ1v) is 4.31. The van der Waals surface area contributed by atoms with Gasteiger partial charge in [0.25, 0.3) is 0 Å². The van der Waals surface area contributed by atoms with Crippen molar-refractivity contribution in [1.82, 2.24) is 0 Å². The van der Waals surface area contributed by atoms with Crippen molar-refractivity contribution in [2.45, 2.75) is 19.3 Å². The predicted molar refractivity (Wildman–Crippen MR) is 51.6 cm³/mol. The number of hydrogen-bond acceptors (Lipinski definition) is 1. The van der Waals surface area contributed by atoms with Crippen molar-refractivity contribution in [3.05, 3.63) is 34.9 Å². The molecule has 0 spiro atoms. The fourth-order valence-electron chi connectivity index (χ4n) is 1.00. The number of rotatable bonds is 2. The predicted octanol–water partition coefficient (Wildman–Crippen LogP) is 2.61. The van der Waals surface area contributed by atoms with E-state index in [1.807, 2.05) is 38.1 Å². The minimum absolute atomic E-state index is 0.132. The highest BCUT2D eigenvalue weighted by Gasteiger charge is 2.18. The zero-order valence-corrected chi connectivity index (χ0v) is 8.10. The Balaban J connectivity index is 3.03. The molecule has 66 valence electrons.